The minimum Gasteiger partial charge on any atom is -0.374 e. The van der Waals surface area contributed by atoms with Gasteiger partial charge in [0.25, 0.3) is 0 Å². The van der Waals surface area contributed by atoms with Crippen LogP contribution in [0.3, 0.4) is 0 Å². The molecule has 2 rings (SSSR count). The summed E-state index contributed by atoms with van der Waals surface area (Å²) in [6, 6.07) is 15.5. The summed E-state index contributed by atoms with van der Waals surface area (Å²) in [4.78, 5) is 0. The van der Waals surface area contributed by atoms with Crippen molar-refractivity contribution in [2.24, 2.45) is 5.92 Å². The van der Waals surface area contributed by atoms with E-state index >= 15 is 0 Å². The molecule has 0 radical (unpaired) electrons. The van der Waals surface area contributed by atoms with Gasteiger partial charge in [0.2, 0.25) is 0 Å². The first kappa shape index (κ1) is 19.1. The lowest BCUT2D eigenvalue weighted by Crippen LogP contribution is -2.51. The second-order valence-corrected chi connectivity index (χ2v) is 8.96. The molecule has 0 aliphatic rings. The Morgan fingerprint density at radius 1 is 0.875 bits per heavy atom. The van der Waals surface area contributed by atoms with Crippen molar-refractivity contribution >= 4 is 19.6 Å². The average molecular weight is 347 g/mol. The maximum Gasteiger partial charge on any atom is 0.505 e. The Labute approximate surface area is 147 Å². The summed E-state index contributed by atoms with van der Waals surface area (Å²) < 4.78 is 18.7. The molecule has 24 heavy (non-hydrogen) atoms. The fraction of sp³-hybridized carbons (Fsp3) is 0.500. The molecule has 2 aromatic carbocycles. The van der Waals surface area contributed by atoms with E-state index in [2.05, 4.69) is 63.2 Å². The van der Waals surface area contributed by atoms with Gasteiger partial charge in [-0.15, -0.1) is 0 Å². The van der Waals surface area contributed by atoms with Gasteiger partial charge in [-0.3, -0.25) is 0 Å². The summed E-state index contributed by atoms with van der Waals surface area (Å²) in [5.41, 5.74) is 1.23. The molecule has 0 saturated carbocycles. The molecule has 0 aliphatic carbocycles. The summed E-state index contributed by atoms with van der Waals surface area (Å²) in [6.07, 6.45) is 0.102. The van der Waals surface area contributed by atoms with Crippen LogP contribution in [-0.4, -0.2) is 28.1 Å². The maximum atomic E-state index is 6.43. The quantitative estimate of drug-likeness (QED) is 0.598. The van der Waals surface area contributed by atoms with E-state index in [1.165, 1.54) is 16.3 Å². The summed E-state index contributed by atoms with van der Waals surface area (Å²) >= 11 is 0. The third kappa shape index (κ3) is 4.67. The van der Waals surface area contributed by atoms with Crippen molar-refractivity contribution in [3.05, 3.63) is 48.0 Å². The number of hydrogen-bond acceptors (Lipinski definition) is 3. The average Bonchev–Trinajstić information content (AvgIpc) is 2.55. The van der Waals surface area contributed by atoms with E-state index in [0.29, 0.717) is 25.2 Å². The zero-order valence-electron chi connectivity index (χ0n) is 15.5. The molecule has 2 aromatic rings. The first-order valence-corrected chi connectivity index (χ1v) is 10.9. The van der Waals surface area contributed by atoms with E-state index in [9.17, 15) is 0 Å². The molecule has 3 nitrogen and oxygen atoms in total. The summed E-state index contributed by atoms with van der Waals surface area (Å²) in [7, 11) is -2.78. The maximum absolute atomic E-state index is 6.43. The fourth-order valence-corrected chi connectivity index (χ4v) is 5.79. The van der Waals surface area contributed by atoms with Gasteiger partial charge in [-0.1, -0.05) is 56.3 Å². The van der Waals surface area contributed by atoms with Crippen LogP contribution in [0.25, 0.3) is 10.8 Å². The molecule has 1 unspecified atom stereocenters. The van der Waals surface area contributed by atoms with Gasteiger partial charge in [0.1, 0.15) is 0 Å². The predicted octanol–water partition coefficient (Wildman–Crippen LogP) is 4.99. The van der Waals surface area contributed by atoms with E-state index in [1.807, 2.05) is 13.8 Å². The van der Waals surface area contributed by atoms with Gasteiger partial charge in [-0.25, -0.2) is 0 Å². The highest BCUT2D eigenvalue weighted by atomic mass is 28.4. The van der Waals surface area contributed by atoms with Crippen LogP contribution in [0.1, 0.15) is 40.2 Å². The van der Waals surface area contributed by atoms with Gasteiger partial charge < -0.3 is 13.3 Å². The van der Waals surface area contributed by atoms with E-state index < -0.39 is 8.80 Å². The first-order valence-electron chi connectivity index (χ1n) is 8.93. The Morgan fingerprint density at radius 3 is 2.12 bits per heavy atom. The molecule has 4 heteroatoms. The van der Waals surface area contributed by atoms with Gasteiger partial charge >= 0.3 is 8.80 Å². The van der Waals surface area contributed by atoms with Gasteiger partial charge in [0.05, 0.1) is 0 Å². The largest absolute Gasteiger partial charge is 0.505 e. The highest BCUT2D eigenvalue weighted by molar-refractivity contribution is 6.60. The molecule has 0 N–H and O–H groups in total. The summed E-state index contributed by atoms with van der Waals surface area (Å²) in [6.45, 7) is 11.6. The lowest BCUT2D eigenvalue weighted by atomic mass is 10.1. The van der Waals surface area contributed by atoms with Crippen LogP contribution in [0, 0.1) is 5.92 Å². The van der Waals surface area contributed by atoms with Crippen molar-refractivity contribution < 1.29 is 13.3 Å². The normalized spacial score (nSPS) is 13.6. The summed E-state index contributed by atoms with van der Waals surface area (Å²) in [5.74, 6) is 0.422. The molecule has 0 bridgehead atoms. The molecule has 132 valence electrons. The van der Waals surface area contributed by atoms with E-state index in [4.69, 9.17) is 13.3 Å². The molecule has 0 saturated heterocycles. The van der Waals surface area contributed by atoms with Crippen LogP contribution in [0.15, 0.2) is 42.5 Å². The lowest BCUT2D eigenvalue weighted by molar-refractivity contribution is 0.0218. The number of hydrogen-bond donors (Lipinski definition) is 0. The molecule has 0 amide bonds. The Bertz CT molecular complexity index is 630. The van der Waals surface area contributed by atoms with Crippen molar-refractivity contribution in [3.8, 4) is 0 Å². The predicted molar refractivity (Wildman–Crippen MR) is 102 cm³/mol. The van der Waals surface area contributed by atoms with Crippen molar-refractivity contribution in [2.45, 2.75) is 46.8 Å². The van der Waals surface area contributed by atoms with Crippen molar-refractivity contribution in [3.63, 3.8) is 0 Å². The highest BCUT2D eigenvalue weighted by Gasteiger charge is 2.43. The molecular weight excluding hydrogens is 316 g/mol. The van der Waals surface area contributed by atoms with E-state index in [-0.39, 0.29) is 6.10 Å². The first-order chi connectivity index (χ1) is 11.5. The third-order valence-electron chi connectivity index (χ3n) is 4.32. The van der Waals surface area contributed by atoms with Crippen LogP contribution in [-0.2, 0) is 19.3 Å². The smallest absolute Gasteiger partial charge is 0.374 e. The number of rotatable bonds is 9. The number of fused-ring (bicyclic) bond motifs is 1. The number of benzene rings is 2. The fourth-order valence-electron chi connectivity index (χ4n) is 2.79. The minimum absolute atomic E-state index is 0.102. The van der Waals surface area contributed by atoms with Gasteiger partial charge in [-0.05, 0) is 43.0 Å². The molecule has 0 aliphatic heterocycles. The van der Waals surface area contributed by atoms with Crippen LogP contribution in [0.4, 0.5) is 0 Å². The van der Waals surface area contributed by atoms with Crippen LogP contribution >= 0.6 is 0 Å². The Balaban J connectivity index is 2.38. The Hall–Kier alpha value is -1.20. The molecule has 1 atom stereocenters. The molecule has 0 aromatic heterocycles. The molecular formula is C20H30O3Si. The zero-order chi connectivity index (χ0) is 17.6. The summed E-state index contributed by atoms with van der Waals surface area (Å²) in [5, 5.41) is 2.49. The highest BCUT2D eigenvalue weighted by Crippen LogP contribution is 2.26. The van der Waals surface area contributed by atoms with Gasteiger partial charge in [0.15, 0.2) is 0 Å². The van der Waals surface area contributed by atoms with Crippen molar-refractivity contribution in [2.75, 3.05) is 13.2 Å². The van der Waals surface area contributed by atoms with Crippen LogP contribution in [0.5, 0.6) is 0 Å². The van der Waals surface area contributed by atoms with E-state index in [0.717, 1.165) is 0 Å². The second kappa shape index (κ2) is 8.76. The molecule has 0 heterocycles. The Kier molecular flexibility index (Phi) is 6.98. The van der Waals surface area contributed by atoms with Gasteiger partial charge in [0, 0.05) is 25.4 Å². The lowest BCUT2D eigenvalue weighted by Gasteiger charge is -2.33. The van der Waals surface area contributed by atoms with Crippen molar-refractivity contribution in [1.29, 1.82) is 0 Å². The molecule has 0 spiro atoms. The minimum atomic E-state index is -2.78. The zero-order valence-corrected chi connectivity index (χ0v) is 16.5. The second-order valence-electron chi connectivity index (χ2n) is 6.43. The Morgan fingerprint density at radius 2 is 1.50 bits per heavy atom. The third-order valence-corrected chi connectivity index (χ3v) is 7.32. The van der Waals surface area contributed by atoms with Gasteiger partial charge in [-0.2, -0.15) is 0 Å². The SMILES string of the molecule is CCO[Si](Cc1cccc2ccccc12)(OCC)OC(C)C(C)C. The topological polar surface area (TPSA) is 27.7 Å². The van der Waals surface area contributed by atoms with E-state index in [1.54, 1.807) is 0 Å². The monoisotopic (exact) mass is 346 g/mol. The molecule has 0 fully saturated rings. The van der Waals surface area contributed by atoms with Crippen molar-refractivity contribution in [1.82, 2.24) is 0 Å². The van der Waals surface area contributed by atoms with Crippen LogP contribution < -0.4 is 0 Å². The van der Waals surface area contributed by atoms with Crippen LogP contribution in [0.2, 0.25) is 0 Å². The standard InChI is InChI=1S/C20H30O3Si/c1-6-21-24(22-7-2,23-17(5)16(3)4)15-19-13-10-12-18-11-8-9-14-20(18)19/h8-14,16-17H,6-7,15H2,1-5H3.